The van der Waals surface area contributed by atoms with Crippen LogP contribution in [-0.4, -0.2) is 17.1 Å². The summed E-state index contributed by atoms with van der Waals surface area (Å²) in [5, 5.41) is 12.3. The summed E-state index contributed by atoms with van der Waals surface area (Å²) in [5.74, 6) is -0.254. The van der Waals surface area contributed by atoms with Gasteiger partial charge in [0.15, 0.2) is 0 Å². The first-order valence-corrected chi connectivity index (χ1v) is 5.60. The van der Waals surface area contributed by atoms with Crippen LogP contribution in [0.4, 0.5) is 5.69 Å². The minimum Gasteiger partial charge on any atom is -0.506 e. The lowest BCUT2D eigenvalue weighted by molar-refractivity contribution is -0.118. The number of hydrogen-bond acceptors (Lipinski definition) is 3. The number of carbonyl (C=O) groups excluding carboxylic acids is 1. The van der Waals surface area contributed by atoms with Crippen molar-refractivity contribution in [3.63, 3.8) is 0 Å². The molecule has 1 amide bonds. The van der Waals surface area contributed by atoms with Crippen molar-refractivity contribution < 1.29 is 9.90 Å². The van der Waals surface area contributed by atoms with Crippen molar-refractivity contribution >= 4 is 11.6 Å². The third-order valence-electron chi connectivity index (χ3n) is 2.86. The van der Waals surface area contributed by atoms with Crippen LogP contribution in [-0.2, 0) is 4.79 Å². The van der Waals surface area contributed by atoms with Crippen LogP contribution in [0.1, 0.15) is 12.0 Å². The fourth-order valence-corrected chi connectivity index (χ4v) is 1.90. The molecule has 0 spiro atoms. The van der Waals surface area contributed by atoms with Crippen molar-refractivity contribution in [2.75, 3.05) is 5.32 Å². The highest BCUT2D eigenvalue weighted by molar-refractivity contribution is 5.95. The number of phenols is 1. The normalized spacial score (nSPS) is 22.7. The van der Waals surface area contributed by atoms with Crippen molar-refractivity contribution in [1.82, 2.24) is 0 Å². The van der Waals surface area contributed by atoms with Gasteiger partial charge in [0.05, 0.1) is 11.6 Å². The molecular formula is C13H16N2O2. The number of rotatable bonds is 2. The maximum atomic E-state index is 11.9. The number of aryl methyl sites for hydroxylation is 1. The van der Waals surface area contributed by atoms with Crippen LogP contribution >= 0.6 is 0 Å². The van der Waals surface area contributed by atoms with Crippen LogP contribution in [0.25, 0.3) is 0 Å². The Hall–Kier alpha value is -1.81. The van der Waals surface area contributed by atoms with Gasteiger partial charge in [-0.1, -0.05) is 18.2 Å². The molecule has 90 valence electrons. The first kappa shape index (κ1) is 11.7. The van der Waals surface area contributed by atoms with Gasteiger partial charge in [-0.25, -0.2) is 0 Å². The second-order valence-electron chi connectivity index (χ2n) is 4.40. The number of nitrogens with two attached hydrogens (primary N) is 1. The zero-order chi connectivity index (χ0) is 12.4. The average molecular weight is 232 g/mol. The van der Waals surface area contributed by atoms with Gasteiger partial charge in [-0.05, 0) is 31.0 Å². The molecule has 0 fully saturated rings. The predicted molar refractivity (Wildman–Crippen MR) is 66.7 cm³/mol. The first-order valence-electron chi connectivity index (χ1n) is 5.60. The number of amides is 1. The maximum Gasteiger partial charge on any atom is 0.231 e. The molecule has 4 nitrogen and oxygen atoms in total. The number of anilines is 1. The third-order valence-corrected chi connectivity index (χ3v) is 2.86. The fraction of sp³-hybridized carbons (Fsp3) is 0.308. The van der Waals surface area contributed by atoms with Crippen molar-refractivity contribution in [1.29, 1.82) is 0 Å². The van der Waals surface area contributed by atoms with Crippen molar-refractivity contribution in [2.45, 2.75) is 19.4 Å². The molecule has 4 N–H and O–H groups in total. The van der Waals surface area contributed by atoms with Crippen LogP contribution in [0, 0.1) is 12.8 Å². The Kier molecular flexibility index (Phi) is 3.15. The number of hydrogen-bond donors (Lipinski definition) is 3. The maximum absolute atomic E-state index is 11.9. The van der Waals surface area contributed by atoms with Crippen LogP contribution in [0.2, 0.25) is 0 Å². The summed E-state index contributed by atoms with van der Waals surface area (Å²) in [6.07, 6.45) is 4.27. The Balaban J connectivity index is 2.08. The lowest BCUT2D eigenvalue weighted by atomic mass is 10.1. The Labute approximate surface area is 100 Å². The molecule has 1 aliphatic carbocycles. The Morgan fingerprint density at radius 2 is 2.24 bits per heavy atom. The summed E-state index contributed by atoms with van der Waals surface area (Å²) in [5.41, 5.74) is 7.13. The van der Waals surface area contributed by atoms with E-state index in [1.807, 2.05) is 19.1 Å². The van der Waals surface area contributed by atoms with Gasteiger partial charge in [-0.15, -0.1) is 0 Å². The van der Waals surface area contributed by atoms with Gasteiger partial charge in [0, 0.05) is 6.04 Å². The molecule has 2 atom stereocenters. The van der Waals surface area contributed by atoms with Gasteiger partial charge >= 0.3 is 0 Å². The molecule has 0 bridgehead atoms. The minimum atomic E-state index is -0.204. The first-order chi connectivity index (χ1) is 8.06. The van der Waals surface area contributed by atoms with Crippen molar-refractivity contribution in [3.05, 3.63) is 35.9 Å². The van der Waals surface area contributed by atoms with Crippen LogP contribution < -0.4 is 11.1 Å². The van der Waals surface area contributed by atoms with E-state index in [2.05, 4.69) is 5.32 Å². The number of nitrogens with one attached hydrogen (secondary N) is 1. The van der Waals surface area contributed by atoms with Gasteiger partial charge in [-0.3, -0.25) is 4.79 Å². The Bertz CT molecular complexity index is 468. The quantitative estimate of drug-likeness (QED) is 0.535. The highest BCUT2D eigenvalue weighted by atomic mass is 16.3. The van der Waals surface area contributed by atoms with Crippen molar-refractivity contribution in [2.24, 2.45) is 11.7 Å². The average Bonchev–Trinajstić information content (AvgIpc) is 2.70. The zero-order valence-electron chi connectivity index (χ0n) is 9.68. The largest absolute Gasteiger partial charge is 0.506 e. The Morgan fingerprint density at radius 3 is 2.88 bits per heavy atom. The number of aromatic hydroxyl groups is 1. The summed E-state index contributed by atoms with van der Waals surface area (Å²) in [4.78, 5) is 11.9. The molecule has 0 aliphatic heterocycles. The molecule has 0 aromatic heterocycles. The van der Waals surface area contributed by atoms with Crippen LogP contribution in [0.15, 0.2) is 30.4 Å². The summed E-state index contributed by atoms with van der Waals surface area (Å²) in [6.45, 7) is 1.90. The van der Waals surface area contributed by atoms with Gasteiger partial charge < -0.3 is 16.2 Å². The highest BCUT2D eigenvalue weighted by Gasteiger charge is 2.23. The molecule has 1 aromatic carbocycles. The molecule has 0 saturated heterocycles. The van der Waals surface area contributed by atoms with E-state index in [9.17, 15) is 9.90 Å². The molecule has 0 saturated carbocycles. The monoisotopic (exact) mass is 232 g/mol. The SMILES string of the molecule is Cc1ccc(O)c(NC(=O)C2C=CC(N)C2)c1. The van der Waals surface area contributed by atoms with Gasteiger partial charge in [-0.2, -0.15) is 0 Å². The number of carbonyl (C=O) groups is 1. The molecule has 0 heterocycles. The topological polar surface area (TPSA) is 75.3 Å². The molecule has 1 aromatic rings. The number of benzene rings is 1. The van der Waals surface area contributed by atoms with Crippen LogP contribution in [0.5, 0.6) is 5.75 Å². The standard InChI is InChI=1S/C13H16N2O2/c1-8-2-5-12(16)11(6-8)15-13(17)9-3-4-10(14)7-9/h2-6,9-10,16H,7,14H2,1H3,(H,15,17). The van der Waals surface area contributed by atoms with E-state index in [-0.39, 0.29) is 23.6 Å². The second-order valence-corrected chi connectivity index (χ2v) is 4.40. The summed E-state index contributed by atoms with van der Waals surface area (Å²) in [6, 6.07) is 5.06. The smallest absolute Gasteiger partial charge is 0.231 e. The van der Waals surface area contributed by atoms with E-state index in [1.54, 1.807) is 18.2 Å². The summed E-state index contributed by atoms with van der Waals surface area (Å²) < 4.78 is 0. The van der Waals surface area contributed by atoms with E-state index >= 15 is 0 Å². The second kappa shape index (κ2) is 4.59. The fourth-order valence-electron chi connectivity index (χ4n) is 1.90. The molecule has 17 heavy (non-hydrogen) atoms. The highest BCUT2D eigenvalue weighted by Crippen LogP contribution is 2.26. The van der Waals surface area contributed by atoms with E-state index in [1.165, 1.54) is 0 Å². The lowest BCUT2D eigenvalue weighted by Gasteiger charge is -2.12. The minimum absolute atomic E-state index is 0.0446. The summed E-state index contributed by atoms with van der Waals surface area (Å²) in [7, 11) is 0. The predicted octanol–water partition coefficient (Wildman–Crippen LogP) is 1.54. The molecule has 4 heteroatoms. The van der Waals surface area contributed by atoms with E-state index in [4.69, 9.17) is 5.73 Å². The molecular weight excluding hydrogens is 216 g/mol. The third kappa shape index (κ3) is 2.65. The molecule has 2 unspecified atom stereocenters. The van der Waals surface area contributed by atoms with Gasteiger partial charge in [0.25, 0.3) is 0 Å². The van der Waals surface area contributed by atoms with E-state index in [0.717, 1.165) is 5.56 Å². The van der Waals surface area contributed by atoms with Crippen LogP contribution in [0.3, 0.4) is 0 Å². The molecule has 1 aliphatic rings. The Morgan fingerprint density at radius 1 is 1.47 bits per heavy atom. The van der Waals surface area contributed by atoms with Gasteiger partial charge in [0.1, 0.15) is 5.75 Å². The van der Waals surface area contributed by atoms with Gasteiger partial charge in [0.2, 0.25) is 5.91 Å². The van der Waals surface area contributed by atoms with Crippen molar-refractivity contribution in [3.8, 4) is 5.75 Å². The van der Waals surface area contributed by atoms with E-state index in [0.29, 0.717) is 12.1 Å². The summed E-state index contributed by atoms with van der Waals surface area (Å²) >= 11 is 0. The van der Waals surface area contributed by atoms with E-state index < -0.39 is 0 Å². The zero-order valence-corrected chi connectivity index (χ0v) is 9.68. The lowest BCUT2D eigenvalue weighted by Crippen LogP contribution is -2.24. The molecule has 2 rings (SSSR count). The molecule has 0 radical (unpaired) electrons. The number of phenolic OH excluding ortho intramolecular Hbond substituents is 1.